The van der Waals surface area contributed by atoms with E-state index in [2.05, 4.69) is 5.32 Å². The lowest BCUT2D eigenvalue weighted by Crippen LogP contribution is -2.39. The zero-order chi connectivity index (χ0) is 18.7. The average molecular weight is 388 g/mol. The number of carbonyl (C=O) groups is 4. The molecule has 2 rings (SSSR count). The summed E-state index contributed by atoms with van der Waals surface area (Å²) in [5.41, 5.74) is 0.344. The molecule has 0 aliphatic carbocycles. The Hall–Kier alpha value is -2.32. The topological polar surface area (TPSA) is 96.0 Å². The second-order valence-corrected chi connectivity index (χ2v) is 6.27. The quantitative estimate of drug-likeness (QED) is 0.613. The standard InChI is InChI=1S/C15H15Cl2N3O5/c1-8(14(23)18-11-4-9(16)3-10(17)5-11)25-13(22)7-20-12(21)6-19(2)15(20)24/h3-5,8H,6-7H2,1-2H3,(H,18,23)/t8-/m1/s1. The average Bonchev–Trinajstić information content (AvgIpc) is 2.72. The number of esters is 1. The van der Waals surface area contributed by atoms with E-state index < -0.39 is 36.5 Å². The van der Waals surface area contributed by atoms with Gasteiger partial charge in [0.2, 0.25) is 0 Å². The molecule has 0 saturated carbocycles. The van der Waals surface area contributed by atoms with Crippen molar-refractivity contribution in [2.45, 2.75) is 13.0 Å². The van der Waals surface area contributed by atoms with E-state index in [1.54, 1.807) is 0 Å². The number of hydrogen-bond donors (Lipinski definition) is 1. The van der Waals surface area contributed by atoms with Gasteiger partial charge in [0.15, 0.2) is 6.10 Å². The monoisotopic (exact) mass is 387 g/mol. The largest absolute Gasteiger partial charge is 0.451 e. The lowest BCUT2D eigenvalue weighted by Gasteiger charge is -2.17. The summed E-state index contributed by atoms with van der Waals surface area (Å²) in [4.78, 5) is 49.2. The van der Waals surface area contributed by atoms with Gasteiger partial charge in [-0.1, -0.05) is 23.2 Å². The Labute approximate surface area is 153 Å². The van der Waals surface area contributed by atoms with Crippen LogP contribution in [0.1, 0.15) is 6.92 Å². The molecule has 25 heavy (non-hydrogen) atoms. The van der Waals surface area contributed by atoms with Crippen LogP contribution < -0.4 is 5.32 Å². The number of likely N-dealkylation sites (N-methyl/N-ethyl adjacent to an activating group) is 1. The molecule has 0 bridgehead atoms. The van der Waals surface area contributed by atoms with Crippen molar-refractivity contribution < 1.29 is 23.9 Å². The molecule has 1 fully saturated rings. The van der Waals surface area contributed by atoms with Crippen molar-refractivity contribution in [3.05, 3.63) is 28.2 Å². The molecule has 0 radical (unpaired) electrons. The number of hydrogen-bond acceptors (Lipinski definition) is 5. The summed E-state index contributed by atoms with van der Waals surface area (Å²) in [5, 5.41) is 3.18. The molecule has 10 heteroatoms. The van der Waals surface area contributed by atoms with Crippen molar-refractivity contribution >= 4 is 52.7 Å². The van der Waals surface area contributed by atoms with Gasteiger partial charge in [0, 0.05) is 22.8 Å². The van der Waals surface area contributed by atoms with Gasteiger partial charge < -0.3 is 15.0 Å². The third-order valence-corrected chi connectivity index (χ3v) is 3.76. The summed E-state index contributed by atoms with van der Waals surface area (Å²) >= 11 is 11.7. The van der Waals surface area contributed by atoms with Crippen LogP contribution in [0.2, 0.25) is 10.0 Å². The van der Waals surface area contributed by atoms with Crippen LogP contribution in [-0.2, 0) is 19.1 Å². The van der Waals surface area contributed by atoms with Crippen LogP contribution in [0.4, 0.5) is 10.5 Å². The summed E-state index contributed by atoms with van der Waals surface area (Å²) in [7, 11) is 1.44. The third kappa shape index (κ3) is 4.83. The first-order valence-electron chi connectivity index (χ1n) is 7.19. The van der Waals surface area contributed by atoms with E-state index in [0.29, 0.717) is 15.7 Å². The highest BCUT2D eigenvalue weighted by molar-refractivity contribution is 6.35. The van der Waals surface area contributed by atoms with E-state index in [4.69, 9.17) is 27.9 Å². The number of carbonyl (C=O) groups excluding carboxylic acids is 4. The summed E-state index contributed by atoms with van der Waals surface area (Å²) in [6.45, 7) is 0.708. The van der Waals surface area contributed by atoms with E-state index >= 15 is 0 Å². The molecule has 1 atom stereocenters. The van der Waals surface area contributed by atoms with Crippen molar-refractivity contribution in [1.29, 1.82) is 0 Å². The van der Waals surface area contributed by atoms with Crippen molar-refractivity contribution in [3.63, 3.8) is 0 Å². The number of ether oxygens (including phenoxy) is 1. The number of benzene rings is 1. The van der Waals surface area contributed by atoms with Crippen LogP contribution in [0.3, 0.4) is 0 Å². The van der Waals surface area contributed by atoms with E-state index in [1.807, 2.05) is 0 Å². The summed E-state index contributed by atoms with van der Waals surface area (Å²) in [5.74, 6) is -1.98. The lowest BCUT2D eigenvalue weighted by atomic mass is 10.3. The van der Waals surface area contributed by atoms with Crippen LogP contribution in [-0.4, -0.2) is 59.9 Å². The molecule has 0 aromatic heterocycles. The van der Waals surface area contributed by atoms with Gasteiger partial charge in [0.05, 0.1) is 0 Å². The van der Waals surface area contributed by atoms with Crippen LogP contribution in [0.25, 0.3) is 0 Å². The van der Waals surface area contributed by atoms with Crippen LogP contribution in [0.5, 0.6) is 0 Å². The number of halogens is 2. The van der Waals surface area contributed by atoms with Gasteiger partial charge in [0.25, 0.3) is 11.8 Å². The maximum atomic E-state index is 12.1. The molecule has 134 valence electrons. The Bertz CT molecular complexity index is 720. The number of imide groups is 1. The molecule has 1 saturated heterocycles. The normalized spacial score (nSPS) is 15.4. The second kappa shape index (κ2) is 7.71. The molecule has 1 heterocycles. The zero-order valence-electron chi connectivity index (χ0n) is 13.4. The van der Waals surface area contributed by atoms with Gasteiger partial charge in [0.1, 0.15) is 13.1 Å². The predicted molar refractivity (Wildman–Crippen MR) is 90.4 cm³/mol. The fourth-order valence-electron chi connectivity index (χ4n) is 2.11. The Morgan fingerprint density at radius 2 is 1.84 bits per heavy atom. The van der Waals surface area contributed by atoms with Crippen LogP contribution in [0.15, 0.2) is 18.2 Å². The minimum Gasteiger partial charge on any atom is -0.451 e. The molecule has 0 unspecified atom stereocenters. The first-order valence-corrected chi connectivity index (χ1v) is 7.95. The van der Waals surface area contributed by atoms with Crippen molar-refractivity contribution in [3.8, 4) is 0 Å². The smallest absolute Gasteiger partial charge is 0.327 e. The number of rotatable bonds is 5. The molecule has 8 nitrogen and oxygen atoms in total. The highest BCUT2D eigenvalue weighted by Crippen LogP contribution is 2.22. The SMILES string of the molecule is C[C@@H](OC(=O)CN1C(=O)CN(C)C1=O)C(=O)Nc1cc(Cl)cc(Cl)c1. The number of urea groups is 1. The fourth-order valence-corrected chi connectivity index (χ4v) is 2.64. The van der Waals surface area contributed by atoms with Gasteiger partial charge >= 0.3 is 12.0 Å². The predicted octanol–water partition coefficient (Wildman–Crippen LogP) is 1.76. The molecule has 1 aliphatic rings. The van der Waals surface area contributed by atoms with E-state index in [0.717, 1.165) is 4.90 Å². The molecule has 1 N–H and O–H groups in total. The van der Waals surface area contributed by atoms with E-state index in [-0.39, 0.29) is 6.54 Å². The highest BCUT2D eigenvalue weighted by atomic mass is 35.5. The molecular formula is C15H15Cl2N3O5. The number of nitrogens with one attached hydrogen (secondary N) is 1. The molecule has 4 amide bonds. The van der Waals surface area contributed by atoms with Gasteiger partial charge in [-0.05, 0) is 25.1 Å². The minimum atomic E-state index is -1.14. The summed E-state index contributed by atoms with van der Waals surface area (Å²) < 4.78 is 4.96. The molecular weight excluding hydrogens is 373 g/mol. The summed E-state index contributed by atoms with van der Waals surface area (Å²) in [6, 6.07) is 3.88. The van der Waals surface area contributed by atoms with E-state index in [9.17, 15) is 19.2 Å². The van der Waals surface area contributed by atoms with Gasteiger partial charge in [-0.3, -0.25) is 19.3 Å². The molecule has 0 spiro atoms. The minimum absolute atomic E-state index is 0.0995. The first-order chi connectivity index (χ1) is 11.7. The van der Waals surface area contributed by atoms with Crippen molar-refractivity contribution in [1.82, 2.24) is 9.80 Å². The van der Waals surface area contributed by atoms with Crippen LogP contribution >= 0.6 is 23.2 Å². The van der Waals surface area contributed by atoms with Gasteiger partial charge in [-0.2, -0.15) is 0 Å². The fraction of sp³-hybridized carbons (Fsp3) is 0.333. The van der Waals surface area contributed by atoms with Gasteiger partial charge in [-0.25, -0.2) is 4.79 Å². The lowest BCUT2D eigenvalue weighted by molar-refractivity contribution is -0.154. The Balaban J connectivity index is 1.91. The summed E-state index contributed by atoms with van der Waals surface area (Å²) in [6.07, 6.45) is -1.14. The number of anilines is 1. The zero-order valence-corrected chi connectivity index (χ0v) is 14.9. The van der Waals surface area contributed by atoms with Crippen molar-refractivity contribution in [2.24, 2.45) is 0 Å². The van der Waals surface area contributed by atoms with E-state index in [1.165, 1.54) is 37.1 Å². The molecule has 1 aromatic carbocycles. The number of nitrogens with zero attached hydrogens (tertiary/aromatic N) is 2. The van der Waals surface area contributed by atoms with Crippen LogP contribution in [0, 0.1) is 0 Å². The third-order valence-electron chi connectivity index (χ3n) is 3.33. The highest BCUT2D eigenvalue weighted by Gasteiger charge is 2.35. The second-order valence-electron chi connectivity index (χ2n) is 5.40. The first kappa shape index (κ1) is 19.0. The van der Waals surface area contributed by atoms with Gasteiger partial charge in [-0.15, -0.1) is 0 Å². The molecule has 1 aromatic rings. The Morgan fingerprint density at radius 3 is 2.36 bits per heavy atom. The Morgan fingerprint density at radius 1 is 1.24 bits per heavy atom. The molecule has 1 aliphatic heterocycles. The number of amides is 4. The Kier molecular flexibility index (Phi) is 5.86. The maximum absolute atomic E-state index is 12.1. The maximum Gasteiger partial charge on any atom is 0.327 e. The van der Waals surface area contributed by atoms with Crippen molar-refractivity contribution in [2.75, 3.05) is 25.5 Å².